The second-order valence-corrected chi connectivity index (χ2v) is 2.77. The van der Waals surface area contributed by atoms with Gasteiger partial charge in [0.05, 0.1) is 19.1 Å². The first-order valence-electron chi connectivity index (χ1n) is 4.40. The SMILES string of the molecule is C1CO1.C=CC(C/C=C/C(=O)O)C(=O)O. The van der Waals surface area contributed by atoms with Gasteiger partial charge in [-0.3, -0.25) is 4.79 Å². The van der Waals surface area contributed by atoms with E-state index in [1.807, 2.05) is 0 Å². The van der Waals surface area contributed by atoms with E-state index in [9.17, 15) is 9.59 Å². The zero-order valence-corrected chi connectivity index (χ0v) is 8.26. The second kappa shape index (κ2) is 7.75. The molecular weight excluding hydrogens is 200 g/mol. The highest BCUT2D eigenvalue weighted by Crippen LogP contribution is 2.04. The van der Waals surface area contributed by atoms with E-state index >= 15 is 0 Å². The molecule has 5 heteroatoms. The van der Waals surface area contributed by atoms with E-state index in [-0.39, 0.29) is 6.42 Å². The quantitative estimate of drug-likeness (QED) is 0.403. The zero-order chi connectivity index (χ0) is 11.7. The van der Waals surface area contributed by atoms with Gasteiger partial charge in [-0.1, -0.05) is 12.2 Å². The van der Waals surface area contributed by atoms with Crippen molar-refractivity contribution in [2.24, 2.45) is 5.92 Å². The standard InChI is InChI=1S/C8H10O4.C2H4O/c1-2-6(8(11)12)4-3-5-7(9)10;1-2-3-1/h2-3,5-6H,1,4H2,(H,9,10)(H,11,12);1-2H2/b5-3+;. The Morgan fingerprint density at radius 3 is 2.20 bits per heavy atom. The average Bonchev–Trinajstić information content (AvgIpc) is 2.97. The van der Waals surface area contributed by atoms with E-state index in [4.69, 9.17) is 10.2 Å². The molecule has 1 atom stereocenters. The number of rotatable bonds is 5. The van der Waals surface area contributed by atoms with E-state index in [0.29, 0.717) is 0 Å². The lowest BCUT2D eigenvalue weighted by Crippen LogP contribution is -2.09. The molecule has 0 aliphatic carbocycles. The van der Waals surface area contributed by atoms with Crippen LogP contribution in [0.1, 0.15) is 6.42 Å². The third kappa shape index (κ3) is 10.3. The fourth-order valence-corrected chi connectivity index (χ4v) is 0.613. The van der Waals surface area contributed by atoms with Crippen LogP contribution in [-0.2, 0) is 14.3 Å². The lowest BCUT2D eigenvalue weighted by atomic mass is 10.1. The Labute approximate surface area is 87.7 Å². The van der Waals surface area contributed by atoms with Gasteiger partial charge in [0.1, 0.15) is 0 Å². The van der Waals surface area contributed by atoms with Gasteiger partial charge in [-0.2, -0.15) is 0 Å². The third-order valence-electron chi connectivity index (χ3n) is 1.46. The summed E-state index contributed by atoms with van der Waals surface area (Å²) in [4.78, 5) is 20.3. The molecule has 0 saturated carbocycles. The van der Waals surface area contributed by atoms with Crippen LogP contribution in [0.15, 0.2) is 24.8 Å². The van der Waals surface area contributed by atoms with Gasteiger partial charge in [0, 0.05) is 6.08 Å². The van der Waals surface area contributed by atoms with Gasteiger partial charge < -0.3 is 14.9 Å². The highest BCUT2D eigenvalue weighted by atomic mass is 16.6. The third-order valence-corrected chi connectivity index (χ3v) is 1.46. The average molecular weight is 214 g/mol. The largest absolute Gasteiger partial charge is 0.481 e. The normalized spacial score (nSPS) is 14.9. The van der Waals surface area contributed by atoms with Crippen LogP contribution in [0.25, 0.3) is 0 Å². The minimum Gasteiger partial charge on any atom is -0.481 e. The zero-order valence-electron chi connectivity index (χ0n) is 8.26. The highest BCUT2D eigenvalue weighted by molar-refractivity contribution is 5.80. The first-order chi connectivity index (χ1) is 7.07. The number of hydrogen-bond donors (Lipinski definition) is 2. The van der Waals surface area contributed by atoms with Crippen molar-refractivity contribution in [3.8, 4) is 0 Å². The summed E-state index contributed by atoms with van der Waals surface area (Å²) in [7, 11) is 0. The minimum atomic E-state index is -1.08. The number of ether oxygens (including phenoxy) is 1. The summed E-state index contributed by atoms with van der Waals surface area (Å²) < 4.78 is 4.50. The van der Waals surface area contributed by atoms with Crippen molar-refractivity contribution in [2.45, 2.75) is 6.42 Å². The summed E-state index contributed by atoms with van der Waals surface area (Å²) in [6, 6.07) is 0. The maximum Gasteiger partial charge on any atom is 0.327 e. The number of epoxide rings is 1. The van der Waals surface area contributed by atoms with Crippen LogP contribution in [-0.4, -0.2) is 35.4 Å². The van der Waals surface area contributed by atoms with E-state index in [1.165, 1.54) is 12.2 Å². The second-order valence-electron chi connectivity index (χ2n) is 2.77. The first kappa shape index (κ1) is 13.4. The van der Waals surface area contributed by atoms with Crippen molar-refractivity contribution in [1.82, 2.24) is 0 Å². The molecule has 1 fully saturated rings. The van der Waals surface area contributed by atoms with Gasteiger partial charge in [0.25, 0.3) is 0 Å². The number of hydrogen-bond acceptors (Lipinski definition) is 3. The van der Waals surface area contributed by atoms with Crippen molar-refractivity contribution in [3.05, 3.63) is 24.8 Å². The number of carbonyl (C=O) groups is 2. The number of carboxylic acids is 2. The Balaban J connectivity index is 0.000000548. The Bertz CT molecular complexity index is 252. The molecule has 0 aromatic carbocycles. The number of carboxylic acid groups (broad SMARTS) is 2. The molecule has 0 aromatic heterocycles. The molecule has 1 aliphatic heterocycles. The number of allylic oxidation sites excluding steroid dienone is 1. The van der Waals surface area contributed by atoms with Crippen LogP contribution in [0, 0.1) is 5.92 Å². The van der Waals surface area contributed by atoms with E-state index in [2.05, 4.69) is 11.3 Å². The van der Waals surface area contributed by atoms with Crippen LogP contribution in [0.2, 0.25) is 0 Å². The summed E-state index contributed by atoms with van der Waals surface area (Å²) >= 11 is 0. The summed E-state index contributed by atoms with van der Waals surface area (Å²) in [5.74, 6) is -2.79. The van der Waals surface area contributed by atoms with Crippen LogP contribution in [0.4, 0.5) is 0 Å². The molecule has 1 heterocycles. The van der Waals surface area contributed by atoms with Gasteiger partial charge in [0.2, 0.25) is 0 Å². The van der Waals surface area contributed by atoms with E-state index in [0.717, 1.165) is 19.3 Å². The minimum absolute atomic E-state index is 0.158. The maximum absolute atomic E-state index is 10.4. The molecule has 15 heavy (non-hydrogen) atoms. The molecule has 2 N–H and O–H groups in total. The Hall–Kier alpha value is -1.62. The Morgan fingerprint density at radius 2 is 1.93 bits per heavy atom. The summed E-state index contributed by atoms with van der Waals surface area (Å²) in [5.41, 5.74) is 0. The van der Waals surface area contributed by atoms with Gasteiger partial charge in [-0.15, -0.1) is 6.58 Å². The van der Waals surface area contributed by atoms with Crippen LogP contribution >= 0.6 is 0 Å². The van der Waals surface area contributed by atoms with Gasteiger partial charge in [-0.25, -0.2) is 4.79 Å². The lowest BCUT2D eigenvalue weighted by molar-refractivity contribution is -0.140. The monoisotopic (exact) mass is 214 g/mol. The molecule has 0 amide bonds. The molecule has 5 nitrogen and oxygen atoms in total. The Morgan fingerprint density at radius 1 is 1.40 bits per heavy atom. The molecule has 84 valence electrons. The molecule has 0 spiro atoms. The maximum atomic E-state index is 10.4. The lowest BCUT2D eigenvalue weighted by Gasteiger charge is -2.00. The van der Waals surface area contributed by atoms with Crippen molar-refractivity contribution in [2.75, 3.05) is 13.2 Å². The van der Waals surface area contributed by atoms with Crippen LogP contribution in [0.3, 0.4) is 0 Å². The topological polar surface area (TPSA) is 87.1 Å². The molecule has 1 rings (SSSR count). The Kier molecular flexibility index (Phi) is 6.92. The highest BCUT2D eigenvalue weighted by Gasteiger charge is 2.10. The molecule has 1 unspecified atom stereocenters. The van der Waals surface area contributed by atoms with Gasteiger partial charge >= 0.3 is 11.9 Å². The first-order valence-corrected chi connectivity index (χ1v) is 4.40. The summed E-state index contributed by atoms with van der Waals surface area (Å²) in [6.45, 7) is 5.32. The summed E-state index contributed by atoms with van der Waals surface area (Å²) in [5, 5.41) is 16.7. The van der Waals surface area contributed by atoms with Gasteiger partial charge in [-0.05, 0) is 6.42 Å². The molecule has 1 saturated heterocycles. The fraction of sp³-hybridized carbons (Fsp3) is 0.400. The molecule has 0 aromatic rings. The molecular formula is C10H14O5. The molecule has 0 radical (unpaired) electrons. The number of aliphatic carboxylic acids is 2. The van der Waals surface area contributed by atoms with E-state index in [1.54, 1.807) is 0 Å². The fourth-order valence-electron chi connectivity index (χ4n) is 0.613. The molecule has 1 aliphatic rings. The van der Waals surface area contributed by atoms with Crippen molar-refractivity contribution >= 4 is 11.9 Å². The molecule has 0 bridgehead atoms. The smallest absolute Gasteiger partial charge is 0.327 e. The summed E-state index contributed by atoms with van der Waals surface area (Å²) in [6.07, 6.45) is 3.64. The predicted octanol–water partition coefficient (Wildman–Crippen LogP) is 0.921. The van der Waals surface area contributed by atoms with Gasteiger partial charge in [0.15, 0.2) is 0 Å². The van der Waals surface area contributed by atoms with E-state index < -0.39 is 17.9 Å². The van der Waals surface area contributed by atoms with Crippen LogP contribution in [0.5, 0.6) is 0 Å². The van der Waals surface area contributed by atoms with Crippen LogP contribution < -0.4 is 0 Å². The van der Waals surface area contributed by atoms with Crippen molar-refractivity contribution < 1.29 is 24.5 Å². The predicted molar refractivity (Wildman–Crippen MR) is 53.5 cm³/mol. The van der Waals surface area contributed by atoms with Crippen molar-refractivity contribution in [1.29, 1.82) is 0 Å². The van der Waals surface area contributed by atoms with Crippen molar-refractivity contribution in [3.63, 3.8) is 0 Å².